The van der Waals surface area contributed by atoms with Crippen molar-refractivity contribution in [2.45, 2.75) is 50.5 Å². The Hall–Kier alpha value is -1.70. The molecule has 0 aliphatic carbocycles. The minimum Gasteiger partial charge on any atom is -0.385 e. The highest BCUT2D eigenvalue weighted by molar-refractivity contribution is 7.89. The van der Waals surface area contributed by atoms with E-state index in [1.165, 1.54) is 9.87 Å². The molecular formula is C20H29N3O3S. The number of H-pyrrole nitrogens is 1. The number of benzene rings is 1. The number of sulfonamides is 1. The van der Waals surface area contributed by atoms with E-state index in [4.69, 9.17) is 0 Å². The maximum atomic E-state index is 12.9. The summed E-state index contributed by atoms with van der Waals surface area (Å²) in [7, 11) is -3.48. The molecule has 1 aliphatic rings. The van der Waals surface area contributed by atoms with Crippen LogP contribution in [0.25, 0.3) is 0 Å². The average Bonchev–Trinajstić information content (AvgIpc) is 3.21. The molecule has 0 radical (unpaired) electrons. The summed E-state index contributed by atoms with van der Waals surface area (Å²) in [5, 5.41) is 10.4. The fraction of sp³-hybridized carbons (Fsp3) is 0.550. The smallest absolute Gasteiger partial charge is 0.243 e. The Kier molecular flexibility index (Phi) is 6.34. The first-order chi connectivity index (χ1) is 12.9. The predicted molar refractivity (Wildman–Crippen MR) is 105 cm³/mol. The van der Waals surface area contributed by atoms with E-state index in [1.807, 2.05) is 12.1 Å². The zero-order valence-electron chi connectivity index (χ0n) is 16.0. The number of aromatic amines is 1. The van der Waals surface area contributed by atoms with Crippen LogP contribution in [0.4, 0.5) is 0 Å². The first-order valence-corrected chi connectivity index (χ1v) is 11.1. The quantitative estimate of drug-likeness (QED) is 0.759. The standard InChI is InChI=1S/C20H29N3O3S/c1-15(2)3-4-16-5-7-18(8-6-16)27(25,26)23-13-9-17(10-14-23)19(24)20-21-11-12-22-20/h5-8,11-12,15,17,19,24H,3-4,9-10,13-14H2,1-2H3,(H,21,22). The van der Waals surface area contributed by atoms with Gasteiger partial charge in [0.2, 0.25) is 10.0 Å². The highest BCUT2D eigenvalue weighted by Crippen LogP contribution is 2.31. The lowest BCUT2D eigenvalue weighted by Gasteiger charge is -2.33. The van der Waals surface area contributed by atoms with Crippen molar-refractivity contribution < 1.29 is 13.5 Å². The maximum absolute atomic E-state index is 12.9. The molecule has 7 heteroatoms. The van der Waals surface area contributed by atoms with E-state index in [0.29, 0.717) is 42.6 Å². The molecule has 2 heterocycles. The third-order valence-corrected chi connectivity index (χ3v) is 7.23. The van der Waals surface area contributed by atoms with Crippen LogP contribution < -0.4 is 0 Å². The zero-order valence-corrected chi connectivity index (χ0v) is 16.8. The van der Waals surface area contributed by atoms with Gasteiger partial charge in [0.25, 0.3) is 0 Å². The summed E-state index contributed by atoms with van der Waals surface area (Å²) in [5.74, 6) is 1.19. The number of nitrogens with zero attached hydrogens (tertiary/aromatic N) is 2. The van der Waals surface area contributed by atoms with Crippen molar-refractivity contribution >= 4 is 10.0 Å². The highest BCUT2D eigenvalue weighted by Gasteiger charge is 2.33. The second kappa shape index (κ2) is 8.54. The van der Waals surface area contributed by atoms with Gasteiger partial charge in [-0.25, -0.2) is 13.4 Å². The maximum Gasteiger partial charge on any atom is 0.243 e. The number of aliphatic hydroxyl groups excluding tert-OH is 1. The third kappa shape index (κ3) is 4.78. The van der Waals surface area contributed by atoms with Crippen molar-refractivity contribution in [3.8, 4) is 0 Å². The molecule has 1 aliphatic heterocycles. The van der Waals surface area contributed by atoms with Crippen LogP contribution in [-0.2, 0) is 16.4 Å². The Labute approximate surface area is 161 Å². The first kappa shape index (κ1) is 20.0. The van der Waals surface area contributed by atoms with Gasteiger partial charge in [0.05, 0.1) is 4.90 Å². The monoisotopic (exact) mass is 391 g/mol. The van der Waals surface area contributed by atoms with Gasteiger partial charge >= 0.3 is 0 Å². The number of nitrogens with one attached hydrogen (secondary N) is 1. The van der Waals surface area contributed by atoms with Crippen molar-refractivity contribution in [2.75, 3.05) is 13.1 Å². The largest absolute Gasteiger partial charge is 0.385 e. The van der Waals surface area contributed by atoms with Gasteiger partial charge in [-0.1, -0.05) is 26.0 Å². The summed E-state index contributed by atoms with van der Waals surface area (Å²) in [5.41, 5.74) is 1.17. The van der Waals surface area contributed by atoms with Crippen molar-refractivity contribution in [3.05, 3.63) is 48.0 Å². The van der Waals surface area contributed by atoms with E-state index in [9.17, 15) is 13.5 Å². The molecule has 1 saturated heterocycles. The van der Waals surface area contributed by atoms with Gasteiger partial charge in [-0.05, 0) is 55.2 Å². The normalized spacial score (nSPS) is 18.1. The molecule has 3 rings (SSSR count). The summed E-state index contributed by atoms with van der Waals surface area (Å²) in [6.45, 7) is 5.20. The number of imidazole rings is 1. The van der Waals surface area contributed by atoms with Gasteiger partial charge in [-0.2, -0.15) is 4.31 Å². The highest BCUT2D eigenvalue weighted by atomic mass is 32.2. The van der Waals surface area contributed by atoms with Crippen molar-refractivity contribution in [1.82, 2.24) is 14.3 Å². The average molecular weight is 392 g/mol. The summed E-state index contributed by atoms with van der Waals surface area (Å²) in [4.78, 5) is 7.38. The second-order valence-electron chi connectivity index (χ2n) is 7.74. The lowest BCUT2D eigenvalue weighted by Crippen LogP contribution is -2.39. The minimum atomic E-state index is -3.48. The van der Waals surface area contributed by atoms with Crippen molar-refractivity contribution in [1.29, 1.82) is 0 Å². The molecule has 0 spiro atoms. The third-order valence-electron chi connectivity index (χ3n) is 5.32. The van der Waals surface area contributed by atoms with E-state index in [1.54, 1.807) is 24.5 Å². The molecule has 148 valence electrons. The number of hydrogen-bond donors (Lipinski definition) is 2. The van der Waals surface area contributed by atoms with Gasteiger partial charge in [-0.3, -0.25) is 0 Å². The Morgan fingerprint density at radius 3 is 2.44 bits per heavy atom. The summed E-state index contributed by atoms with van der Waals surface area (Å²) in [6.07, 6.45) is 5.92. The molecule has 1 aromatic carbocycles. The van der Waals surface area contributed by atoms with Crippen LogP contribution in [0.2, 0.25) is 0 Å². The molecule has 2 aromatic rings. The minimum absolute atomic E-state index is 0.0148. The van der Waals surface area contributed by atoms with Crippen LogP contribution in [-0.4, -0.2) is 40.9 Å². The molecule has 0 amide bonds. The van der Waals surface area contributed by atoms with Crippen LogP contribution in [0.1, 0.15) is 50.6 Å². The summed E-state index contributed by atoms with van der Waals surface area (Å²) >= 11 is 0. The topological polar surface area (TPSA) is 86.3 Å². The fourth-order valence-electron chi connectivity index (χ4n) is 3.53. The van der Waals surface area contributed by atoms with Crippen LogP contribution in [0, 0.1) is 11.8 Å². The Morgan fingerprint density at radius 2 is 1.89 bits per heavy atom. The van der Waals surface area contributed by atoms with Crippen LogP contribution in [0.5, 0.6) is 0 Å². The molecular weight excluding hydrogens is 362 g/mol. The lowest BCUT2D eigenvalue weighted by molar-refractivity contribution is 0.0696. The van der Waals surface area contributed by atoms with Gasteiger partial charge in [0.1, 0.15) is 11.9 Å². The summed E-state index contributed by atoms with van der Waals surface area (Å²) in [6, 6.07) is 7.27. The molecule has 27 heavy (non-hydrogen) atoms. The number of piperidine rings is 1. The summed E-state index contributed by atoms with van der Waals surface area (Å²) < 4.78 is 27.4. The van der Waals surface area contributed by atoms with Gasteiger partial charge in [0, 0.05) is 25.5 Å². The first-order valence-electron chi connectivity index (χ1n) is 9.64. The molecule has 1 fully saturated rings. The zero-order chi connectivity index (χ0) is 19.4. The Morgan fingerprint density at radius 1 is 1.22 bits per heavy atom. The van der Waals surface area contributed by atoms with Crippen molar-refractivity contribution in [2.24, 2.45) is 11.8 Å². The Balaban J connectivity index is 1.61. The van der Waals surface area contributed by atoms with Gasteiger partial charge in [0.15, 0.2) is 0 Å². The van der Waals surface area contributed by atoms with Crippen LogP contribution in [0.3, 0.4) is 0 Å². The van der Waals surface area contributed by atoms with Crippen LogP contribution in [0.15, 0.2) is 41.6 Å². The second-order valence-corrected chi connectivity index (χ2v) is 9.68. The molecule has 2 N–H and O–H groups in total. The van der Waals surface area contributed by atoms with Crippen molar-refractivity contribution in [3.63, 3.8) is 0 Å². The van der Waals surface area contributed by atoms with E-state index in [0.717, 1.165) is 12.8 Å². The molecule has 1 atom stereocenters. The predicted octanol–water partition coefficient (Wildman–Crippen LogP) is 3.13. The number of aliphatic hydroxyl groups is 1. The number of hydrogen-bond acceptors (Lipinski definition) is 4. The SMILES string of the molecule is CC(C)CCc1ccc(S(=O)(=O)N2CCC(C(O)c3ncc[nH]3)CC2)cc1. The van der Waals surface area contributed by atoms with E-state index < -0.39 is 16.1 Å². The lowest BCUT2D eigenvalue weighted by atomic mass is 9.92. The van der Waals surface area contributed by atoms with Crippen LogP contribution >= 0.6 is 0 Å². The van der Waals surface area contributed by atoms with E-state index >= 15 is 0 Å². The Bertz CT molecular complexity index is 809. The number of rotatable bonds is 7. The number of aromatic nitrogens is 2. The number of aryl methyl sites for hydroxylation is 1. The fourth-order valence-corrected chi connectivity index (χ4v) is 5.00. The molecule has 0 saturated carbocycles. The van der Waals surface area contributed by atoms with Gasteiger partial charge < -0.3 is 10.1 Å². The molecule has 1 aromatic heterocycles. The van der Waals surface area contributed by atoms with E-state index in [2.05, 4.69) is 23.8 Å². The van der Waals surface area contributed by atoms with Gasteiger partial charge in [-0.15, -0.1) is 0 Å². The molecule has 6 nitrogen and oxygen atoms in total. The molecule has 1 unspecified atom stereocenters. The molecule has 0 bridgehead atoms. The van der Waals surface area contributed by atoms with E-state index in [-0.39, 0.29) is 5.92 Å².